The average Bonchev–Trinajstić information content (AvgIpc) is 3.17. The minimum Gasteiger partial charge on any atom is -0.497 e. The van der Waals surface area contributed by atoms with Crippen LogP contribution in [0.15, 0.2) is 52.9 Å². The Morgan fingerprint density at radius 1 is 0.848 bits per heavy atom. The molecule has 0 N–H and O–H groups in total. The summed E-state index contributed by atoms with van der Waals surface area (Å²) >= 11 is 0. The van der Waals surface area contributed by atoms with Crippen molar-refractivity contribution in [1.29, 1.82) is 0 Å². The number of hydrogen-bond acceptors (Lipinski definition) is 4. The van der Waals surface area contributed by atoms with Crippen LogP contribution in [0.4, 0.5) is 0 Å². The monoisotopic (exact) mass is 442 g/mol. The van der Waals surface area contributed by atoms with Crippen molar-refractivity contribution in [3.63, 3.8) is 0 Å². The minimum atomic E-state index is -0.398. The molecule has 0 atom stereocenters. The van der Waals surface area contributed by atoms with Gasteiger partial charge in [-0.3, -0.25) is 0 Å². The average molecular weight is 443 g/mol. The summed E-state index contributed by atoms with van der Waals surface area (Å²) in [5.74, 6) is 2.20. The largest absolute Gasteiger partial charge is 0.497 e. The summed E-state index contributed by atoms with van der Waals surface area (Å²) in [7, 11) is 1.60. The van der Waals surface area contributed by atoms with E-state index in [2.05, 4.69) is 38.1 Å². The summed E-state index contributed by atoms with van der Waals surface area (Å²) < 4.78 is 17.4. The lowest BCUT2D eigenvalue weighted by molar-refractivity contribution is 0.0732. The number of hydrogen-bond donors (Lipinski definition) is 0. The molecular weight excluding hydrogens is 412 g/mol. The Labute approximate surface area is 195 Å². The number of fused-ring (bicyclic) bond motifs is 1. The molecule has 0 aliphatic rings. The zero-order valence-electron chi connectivity index (χ0n) is 20.3. The summed E-state index contributed by atoms with van der Waals surface area (Å²) in [6.45, 7) is 12.3. The molecule has 0 fully saturated rings. The normalized spacial score (nSPS) is 11.3. The predicted octanol–water partition coefficient (Wildman–Crippen LogP) is 7.68. The Bertz CT molecular complexity index is 1320. The lowest BCUT2D eigenvalue weighted by Gasteiger charge is -2.15. The van der Waals surface area contributed by atoms with Gasteiger partial charge in [0.15, 0.2) is 0 Å². The van der Waals surface area contributed by atoms with Gasteiger partial charge < -0.3 is 13.9 Å². The first-order chi connectivity index (χ1) is 15.7. The minimum absolute atomic E-state index is 0.398. The molecule has 4 heteroatoms. The van der Waals surface area contributed by atoms with Gasteiger partial charge in [-0.1, -0.05) is 38.1 Å². The van der Waals surface area contributed by atoms with Crippen LogP contribution in [0.3, 0.4) is 0 Å². The van der Waals surface area contributed by atoms with Gasteiger partial charge in [0.2, 0.25) is 0 Å². The molecule has 4 nitrogen and oxygen atoms in total. The topological polar surface area (TPSA) is 48.7 Å². The number of aryl methyl sites for hydroxylation is 3. The summed E-state index contributed by atoms with van der Waals surface area (Å²) in [4.78, 5) is 12.9. The van der Waals surface area contributed by atoms with Crippen molar-refractivity contribution in [2.45, 2.75) is 47.5 Å². The van der Waals surface area contributed by atoms with Crippen molar-refractivity contribution in [2.75, 3.05) is 7.11 Å². The van der Waals surface area contributed by atoms with Crippen LogP contribution in [0, 0.1) is 27.7 Å². The van der Waals surface area contributed by atoms with Crippen LogP contribution in [0.2, 0.25) is 0 Å². The molecule has 1 aromatic heterocycles. The quantitative estimate of drug-likeness (QED) is 0.235. The van der Waals surface area contributed by atoms with Crippen molar-refractivity contribution in [1.82, 2.24) is 0 Å². The van der Waals surface area contributed by atoms with Gasteiger partial charge in [0.05, 0.1) is 12.7 Å². The lowest BCUT2D eigenvalue weighted by Crippen LogP contribution is -2.11. The molecule has 0 amide bonds. The fraction of sp³-hybridized carbons (Fsp3) is 0.276. The van der Waals surface area contributed by atoms with Crippen LogP contribution in [0.25, 0.3) is 22.1 Å². The van der Waals surface area contributed by atoms with Gasteiger partial charge in [0.1, 0.15) is 22.8 Å². The number of furan rings is 1. The highest BCUT2D eigenvalue weighted by Crippen LogP contribution is 2.43. The molecule has 0 saturated heterocycles. The van der Waals surface area contributed by atoms with Crippen molar-refractivity contribution < 1.29 is 18.7 Å². The molecule has 3 aromatic carbocycles. The molecule has 170 valence electrons. The molecule has 0 aliphatic carbocycles. The van der Waals surface area contributed by atoms with Crippen LogP contribution in [-0.4, -0.2) is 13.1 Å². The summed E-state index contributed by atoms with van der Waals surface area (Å²) in [6, 6.07) is 15.5. The fourth-order valence-electron chi connectivity index (χ4n) is 4.32. The molecule has 0 spiro atoms. The molecular formula is C29H30O4. The summed E-state index contributed by atoms with van der Waals surface area (Å²) in [6.07, 6.45) is 0. The van der Waals surface area contributed by atoms with Gasteiger partial charge in [0.25, 0.3) is 0 Å². The predicted molar refractivity (Wildman–Crippen MR) is 133 cm³/mol. The zero-order chi connectivity index (χ0) is 23.9. The van der Waals surface area contributed by atoms with E-state index in [-0.39, 0.29) is 0 Å². The van der Waals surface area contributed by atoms with Gasteiger partial charge in [0, 0.05) is 16.5 Å². The molecule has 0 unspecified atom stereocenters. The van der Waals surface area contributed by atoms with E-state index in [1.807, 2.05) is 27.7 Å². The number of carbonyl (C=O) groups is 1. The van der Waals surface area contributed by atoms with Crippen molar-refractivity contribution >= 4 is 16.9 Å². The maximum absolute atomic E-state index is 12.9. The standard InChI is InChI=1S/C29H30O4/c1-16(2)21-8-10-22(11-9-21)26-20(6)32-28-18(4)17(3)27(19(5)25(26)28)33-29(30)23-12-14-24(31-7)15-13-23/h8-16H,1-7H3. The Morgan fingerprint density at radius 3 is 2.06 bits per heavy atom. The van der Waals surface area contributed by atoms with Gasteiger partial charge in [-0.05, 0) is 80.1 Å². The van der Waals surface area contributed by atoms with Crippen LogP contribution in [0.5, 0.6) is 11.5 Å². The van der Waals surface area contributed by atoms with Crippen LogP contribution in [-0.2, 0) is 0 Å². The first kappa shape index (κ1) is 22.7. The molecule has 1 heterocycles. The third-order valence-electron chi connectivity index (χ3n) is 6.43. The van der Waals surface area contributed by atoms with Crippen LogP contribution >= 0.6 is 0 Å². The molecule has 4 aromatic rings. The van der Waals surface area contributed by atoms with Crippen LogP contribution in [0.1, 0.15) is 58.1 Å². The summed E-state index contributed by atoms with van der Waals surface area (Å²) in [5.41, 5.74) is 7.52. The smallest absolute Gasteiger partial charge is 0.343 e. The molecule has 4 rings (SSSR count). The molecule has 0 bridgehead atoms. The number of carbonyl (C=O) groups excluding carboxylic acids is 1. The van der Waals surface area contributed by atoms with Gasteiger partial charge in [-0.15, -0.1) is 0 Å². The van der Waals surface area contributed by atoms with Crippen molar-refractivity contribution in [3.8, 4) is 22.6 Å². The van der Waals surface area contributed by atoms with Crippen molar-refractivity contribution in [2.24, 2.45) is 0 Å². The van der Waals surface area contributed by atoms with Crippen LogP contribution < -0.4 is 9.47 Å². The van der Waals surface area contributed by atoms with E-state index in [9.17, 15) is 4.79 Å². The van der Waals surface area contributed by atoms with Crippen molar-refractivity contribution in [3.05, 3.63) is 82.1 Å². The van der Waals surface area contributed by atoms with Gasteiger partial charge in [-0.25, -0.2) is 4.79 Å². The van der Waals surface area contributed by atoms with E-state index >= 15 is 0 Å². The molecule has 0 saturated carbocycles. The van der Waals surface area contributed by atoms with E-state index in [4.69, 9.17) is 13.9 Å². The second kappa shape index (κ2) is 8.78. The van der Waals surface area contributed by atoms with E-state index in [0.29, 0.717) is 23.0 Å². The summed E-state index contributed by atoms with van der Waals surface area (Å²) in [5, 5.41) is 0.991. The third kappa shape index (κ3) is 4.02. The fourth-order valence-corrected chi connectivity index (χ4v) is 4.32. The highest BCUT2D eigenvalue weighted by molar-refractivity contribution is 6.02. The number of methoxy groups -OCH3 is 1. The number of esters is 1. The Hall–Kier alpha value is -3.53. The Morgan fingerprint density at radius 2 is 1.48 bits per heavy atom. The van der Waals surface area contributed by atoms with E-state index in [1.165, 1.54) is 5.56 Å². The SMILES string of the molecule is COc1ccc(C(=O)Oc2c(C)c(C)c3oc(C)c(-c4ccc(C(C)C)cc4)c3c2C)cc1. The van der Waals surface area contributed by atoms with E-state index in [1.54, 1.807) is 31.4 Å². The van der Waals surface area contributed by atoms with Gasteiger partial charge >= 0.3 is 5.97 Å². The first-order valence-electron chi connectivity index (χ1n) is 11.2. The van der Waals surface area contributed by atoms with Gasteiger partial charge in [-0.2, -0.15) is 0 Å². The molecule has 33 heavy (non-hydrogen) atoms. The maximum atomic E-state index is 12.9. The highest BCUT2D eigenvalue weighted by Gasteiger charge is 2.24. The highest BCUT2D eigenvalue weighted by atomic mass is 16.5. The van der Waals surface area contributed by atoms with E-state index < -0.39 is 5.97 Å². The lowest BCUT2D eigenvalue weighted by atomic mass is 9.93. The van der Waals surface area contributed by atoms with E-state index in [0.717, 1.165) is 44.5 Å². The Kier molecular flexibility index (Phi) is 6.03. The Balaban J connectivity index is 1.83. The molecule has 0 aliphatic heterocycles. The number of ether oxygens (including phenoxy) is 2. The number of rotatable bonds is 5. The molecule has 0 radical (unpaired) electrons. The maximum Gasteiger partial charge on any atom is 0.343 e. The number of benzene rings is 3. The third-order valence-corrected chi connectivity index (χ3v) is 6.43. The first-order valence-corrected chi connectivity index (χ1v) is 11.2. The zero-order valence-corrected chi connectivity index (χ0v) is 20.3. The second-order valence-corrected chi connectivity index (χ2v) is 8.84. The second-order valence-electron chi connectivity index (χ2n) is 8.84.